The van der Waals surface area contributed by atoms with Crippen molar-refractivity contribution in [3.63, 3.8) is 0 Å². The SMILES string of the molecule is CC(=O)N1CCN(c2ccc(C(=O)Nc3nc(-c4ccccc4Cl)cs3)s2)CC1. The van der Waals surface area contributed by atoms with E-state index in [1.807, 2.05) is 46.7 Å². The maximum atomic E-state index is 12.6. The van der Waals surface area contributed by atoms with E-state index in [9.17, 15) is 9.59 Å². The van der Waals surface area contributed by atoms with Gasteiger partial charge in [-0.3, -0.25) is 14.9 Å². The Balaban J connectivity index is 1.40. The van der Waals surface area contributed by atoms with Crippen LogP contribution >= 0.6 is 34.3 Å². The summed E-state index contributed by atoms with van der Waals surface area (Å²) in [5.74, 6) is -0.0702. The lowest BCUT2D eigenvalue weighted by Gasteiger charge is -2.34. The largest absolute Gasteiger partial charge is 0.360 e. The number of benzene rings is 1. The van der Waals surface area contributed by atoms with E-state index < -0.39 is 0 Å². The summed E-state index contributed by atoms with van der Waals surface area (Å²) in [7, 11) is 0. The van der Waals surface area contributed by atoms with Gasteiger partial charge in [0.2, 0.25) is 5.91 Å². The van der Waals surface area contributed by atoms with Gasteiger partial charge in [-0.05, 0) is 18.2 Å². The molecule has 1 fully saturated rings. The molecule has 0 aliphatic carbocycles. The fourth-order valence-corrected chi connectivity index (χ4v) is 5.03. The van der Waals surface area contributed by atoms with Gasteiger partial charge in [0.1, 0.15) is 0 Å². The smallest absolute Gasteiger partial charge is 0.267 e. The number of rotatable bonds is 4. The predicted octanol–water partition coefficient (Wildman–Crippen LogP) is 4.45. The van der Waals surface area contributed by atoms with Crippen LogP contribution < -0.4 is 10.2 Å². The molecule has 4 rings (SSSR count). The standard InChI is InChI=1S/C20H19ClN4O2S2/c1-13(26)24-8-10-25(11-9-24)18-7-6-17(29-18)19(27)23-20-22-16(12-28-20)14-4-2-3-5-15(14)21/h2-7,12H,8-11H2,1H3,(H,22,23,27). The summed E-state index contributed by atoms with van der Waals surface area (Å²) >= 11 is 9.04. The number of amides is 2. The monoisotopic (exact) mass is 446 g/mol. The predicted molar refractivity (Wildman–Crippen MR) is 119 cm³/mol. The highest BCUT2D eigenvalue weighted by molar-refractivity contribution is 7.18. The van der Waals surface area contributed by atoms with Crippen LogP contribution in [0.15, 0.2) is 41.8 Å². The summed E-state index contributed by atoms with van der Waals surface area (Å²) in [6, 6.07) is 11.3. The van der Waals surface area contributed by atoms with Crippen LogP contribution in [0.25, 0.3) is 11.3 Å². The van der Waals surface area contributed by atoms with Crippen molar-refractivity contribution in [1.29, 1.82) is 0 Å². The molecule has 0 saturated carbocycles. The second-order valence-corrected chi connectivity index (χ2v) is 8.93. The first-order valence-electron chi connectivity index (χ1n) is 9.13. The van der Waals surface area contributed by atoms with Crippen LogP contribution in [0.1, 0.15) is 16.6 Å². The molecule has 150 valence electrons. The molecular weight excluding hydrogens is 428 g/mol. The van der Waals surface area contributed by atoms with Gasteiger partial charge in [0.05, 0.1) is 15.6 Å². The molecule has 29 heavy (non-hydrogen) atoms. The summed E-state index contributed by atoms with van der Waals surface area (Å²) in [6.45, 7) is 4.56. The number of aromatic nitrogens is 1. The molecule has 1 aliphatic heterocycles. The zero-order valence-electron chi connectivity index (χ0n) is 15.7. The lowest BCUT2D eigenvalue weighted by molar-refractivity contribution is -0.129. The highest BCUT2D eigenvalue weighted by Crippen LogP contribution is 2.31. The highest BCUT2D eigenvalue weighted by atomic mass is 35.5. The Labute approximate surface area is 181 Å². The number of carbonyl (C=O) groups is 2. The third-order valence-corrected chi connectivity index (χ3v) is 6.96. The van der Waals surface area contributed by atoms with Gasteiger partial charge < -0.3 is 9.80 Å². The van der Waals surface area contributed by atoms with Crippen molar-refractivity contribution in [1.82, 2.24) is 9.88 Å². The molecule has 1 N–H and O–H groups in total. The first-order valence-corrected chi connectivity index (χ1v) is 11.2. The number of thiazole rings is 1. The molecule has 6 nitrogen and oxygen atoms in total. The Kier molecular flexibility index (Phi) is 5.84. The maximum Gasteiger partial charge on any atom is 0.267 e. The summed E-state index contributed by atoms with van der Waals surface area (Å²) in [5, 5.41) is 6.95. The molecule has 0 radical (unpaired) electrons. The molecule has 0 spiro atoms. The van der Waals surface area contributed by atoms with Gasteiger partial charge in [-0.1, -0.05) is 29.8 Å². The van der Waals surface area contributed by atoms with Crippen LogP contribution in [0.2, 0.25) is 5.02 Å². The zero-order valence-corrected chi connectivity index (χ0v) is 18.1. The van der Waals surface area contributed by atoms with Gasteiger partial charge in [-0.25, -0.2) is 4.98 Å². The second-order valence-electron chi connectivity index (χ2n) is 6.60. The van der Waals surface area contributed by atoms with Crippen molar-refractivity contribution in [2.75, 3.05) is 36.4 Å². The molecule has 1 saturated heterocycles. The number of anilines is 2. The minimum Gasteiger partial charge on any atom is -0.360 e. The van der Waals surface area contributed by atoms with Gasteiger partial charge in [0, 0.05) is 49.1 Å². The first kappa shape index (κ1) is 19.9. The van der Waals surface area contributed by atoms with Gasteiger partial charge in [-0.15, -0.1) is 22.7 Å². The van der Waals surface area contributed by atoms with Crippen LogP contribution in [0.5, 0.6) is 0 Å². The number of halogens is 1. The van der Waals surface area contributed by atoms with E-state index in [0.29, 0.717) is 28.1 Å². The minimum absolute atomic E-state index is 0.107. The number of nitrogens with one attached hydrogen (secondary N) is 1. The van der Waals surface area contributed by atoms with E-state index in [1.54, 1.807) is 6.92 Å². The molecule has 1 aromatic carbocycles. The maximum absolute atomic E-state index is 12.6. The number of nitrogens with zero attached hydrogens (tertiary/aromatic N) is 3. The Bertz CT molecular complexity index is 1040. The van der Waals surface area contributed by atoms with Crippen LogP contribution in [0, 0.1) is 0 Å². The van der Waals surface area contributed by atoms with Crippen molar-refractivity contribution in [2.24, 2.45) is 0 Å². The lowest BCUT2D eigenvalue weighted by atomic mass is 10.2. The molecule has 9 heteroatoms. The zero-order chi connectivity index (χ0) is 20.4. The number of thiophene rings is 1. The highest BCUT2D eigenvalue weighted by Gasteiger charge is 2.21. The molecule has 3 heterocycles. The summed E-state index contributed by atoms with van der Waals surface area (Å²) < 4.78 is 0. The Morgan fingerprint density at radius 2 is 1.86 bits per heavy atom. The van der Waals surface area contributed by atoms with Crippen LogP contribution in [-0.2, 0) is 4.79 Å². The minimum atomic E-state index is -0.177. The van der Waals surface area contributed by atoms with E-state index in [-0.39, 0.29) is 11.8 Å². The lowest BCUT2D eigenvalue weighted by Crippen LogP contribution is -2.47. The van der Waals surface area contributed by atoms with Crippen molar-refractivity contribution < 1.29 is 9.59 Å². The van der Waals surface area contributed by atoms with E-state index in [2.05, 4.69) is 15.2 Å². The number of carbonyl (C=O) groups excluding carboxylic acids is 2. The van der Waals surface area contributed by atoms with Crippen molar-refractivity contribution in [3.05, 3.63) is 51.7 Å². The normalized spacial score (nSPS) is 14.1. The Hall–Kier alpha value is -2.42. The van der Waals surface area contributed by atoms with E-state index >= 15 is 0 Å². The van der Waals surface area contributed by atoms with Crippen molar-refractivity contribution >= 4 is 56.2 Å². The van der Waals surface area contributed by atoms with Crippen LogP contribution in [0.4, 0.5) is 10.1 Å². The van der Waals surface area contributed by atoms with Crippen molar-refractivity contribution in [2.45, 2.75) is 6.92 Å². The molecule has 1 aliphatic rings. The fraction of sp³-hybridized carbons (Fsp3) is 0.250. The van der Waals surface area contributed by atoms with E-state index in [1.165, 1.54) is 22.7 Å². The van der Waals surface area contributed by atoms with Gasteiger partial charge in [-0.2, -0.15) is 0 Å². The van der Waals surface area contributed by atoms with E-state index in [4.69, 9.17) is 11.6 Å². The average molecular weight is 447 g/mol. The third-order valence-electron chi connectivity index (χ3n) is 4.73. The Morgan fingerprint density at radius 3 is 2.59 bits per heavy atom. The van der Waals surface area contributed by atoms with Gasteiger partial charge in [0.15, 0.2) is 5.13 Å². The van der Waals surface area contributed by atoms with Gasteiger partial charge >= 0.3 is 0 Å². The van der Waals surface area contributed by atoms with Crippen molar-refractivity contribution in [3.8, 4) is 11.3 Å². The average Bonchev–Trinajstić information content (AvgIpc) is 3.38. The third kappa shape index (κ3) is 4.44. The Morgan fingerprint density at radius 1 is 1.10 bits per heavy atom. The summed E-state index contributed by atoms with van der Waals surface area (Å²) in [5.41, 5.74) is 1.58. The molecule has 3 aromatic rings. The van der Waals surface area contributed by atoms with Crippen LogP contribution in [0.3, 0.4) is 0 Å². The fourth-order valence-electron chi connectivity index (χ4n) is 3.14. The first-order chi connectivity index (χ1) is 14.0. The molecule has 2 aromatic heterocycles. The number of hydrogen-bond acceptors (Lipinski definition) is 6. The molecule has 0 unspecified atom stereocenters. The number of hydrogen-bond donors (Lipinski definition) is 1. The number of piperazine rings is 1. The molecule has 0 bridgehead atoms. The van der Waals surface area contributed by atoms with Gasteiger partial charge in [0.25, 0.3) is 5.91 Å². The molecule has 0 atom stereocenters. The van der Waals surface area contributed by atoms with E-state index in [0.717, 1.165) is 29.3 Å². The second kappa shape index (κ2) is 8.52. The molecule has 2 amide bonds. The summed E-state index contributed by atoms with van der Waals surface area (Å²) in [6.07, 6.45) is 0. The molecular formula is C20H19ClN4O2S2. The topological polar surface area (TPSA) is 65.5 Å². The quantitative estimate of drug-likeness (QED) is 0.643. The van der Waals surface area contributed by atoms with Crippen LogP contribution in [-0.4, -0.2) is 47.9 Å². The summed E-state index contributed by atoms with van der Waals surface area (Å²) in [4.78, 5) is 33.3.